The summed E-state index contributed by atoms with van der Waals surface area (Å²) in [6.07, 6.45) is -0.0671. The first kappa shape index (κ1) is 15.1. The number of hydrogen-bond acceptors (Lipinski definition) is 4. The van der Waals surface area contributed by atoms with Gasteiger partial charge in [0.2, 0.25) is 0 Å². The van der Waals surface area contributed by atoms with E-state index in [2.05, 4.69) is 10.0 Å². The molecule has 0 unspecified atom stereocenters. The maximum atomic E-state index is 10.4. The lowest BCUT2D eigenvalue weighted by Crippen LogP contribution is -2.45. The third-order valence-electron chi connectivity index (χ3n) is 4.04. The van der Waals surface area contributed by atoms with E-state index >= 15 is 0 Å². The van der Waals surface area contributed by atoms with Gasteiger partial charge in [-0.15, -0.1) is 0 Å². The third kappa shape index (κ3) is 2.62. The number of ether oxygens (including phenoxy) is 2. The molecule has 6 heteroatoms. The molecule has 1 aliphatic heterocycles. The Morgan fingerprint density at radius 1 is 1.23 bits per heavy atom. The number of fused-ring (bicyclic) bond motifs is 1. The molecular weight excluding hydrogens is 282 g/mol. The molecule has 1 fully saturated rings. The number of azide groups is 1. The fourth-order valence-corrected chi connectivity index (χ4v) is 3.02. The predicted octanol–water partition coefficient (Wildman–Crippen LogP) is 2.95. The Bertz CT molecular complexity index is 647. The van der Waals surface area contributed by atoms with Crippen LogP contribution in [0.4, 0.5) is 0 Å². The Labute approximate surface area is 129 Å². The summed E-state index contributed by atoms with van der Waals surface area (Å²) in [5.74, 6) is -0.786. The number of rotatable bonds is 2. The molecule has 3 rings (SSSR count). The van der Waals surface area contributed by atoms with Crippen LogP contribution in [0.5, 0.6) is 0 Å². The van der Waals surface area contributed by atoms with Gasteiger partial charge in [0.1, 0.15) is 12.2 Å². The lowest BCUT2D eigenvalue weighted by Gasteiger charge is -2.32. The van der Waals surface area contributed by atoms with Crippen molar-refractivity contribution in [2.45, 2.75) is 50.9 Å². The summed E-state index contributed by atoms with van der Waals surface area (Å²) in [6.45, 7) is 5.65. The van der Waals surface area contributed by atoms with Crippen LogP contribution in [0.2, 0.25) is 0 Å². The van der Waals surface area contributed by atoms with Crippen molar-refractivity contribution in [3.05, 3.63) is 51.9 Å². The normalized spacial score (nSPS) is 32.8. The van der Waals surface area contributed by atoms with Crippen molar-refractivity contribution in [3.63, 3.8) is 0 Å². The minimum absolute atomic E-state index is 0.377. The van der Waals surface area contributed by atoms with E-state index in [1.165, 1.54) is 0 Å². The zero-order chi connectivity index (χ0) is 15.9. The van der Waals surface area contributed by atoms with Gasteiger partial charge in [0.05, 0.1) is 12.1 Å². The summed E-state index contributed by atoms with van der Waals surface area (Å²) >= 11 is 0. The highest BCUT2D eigenvalue weighted by Crippen LogP contribution is 2.41. The van der Waals surface area contributed by atoms with E-state index in [4.69, 9.17) is 15.0 Å². The second-order valence-electron chi connectivity index (χ2n) is 6.19. The van der Waals surface area contributed by atoms with Crippen LogP contribution >= 0.6 is 0 Å². The zero-order valence-electron chi connectivity index (χ0n) is 12.8. The first-order chi connectivity index (χ1) is 10.4. The van der Waals surface area contributed by atoms with Crippen molar-refractivity contribution in [3.8, 4) is 0 Å². The monoisotopic (exact) mass is 301 g/mol. The smallest absolute Gasteiger partial charge is 0.164 e. The van der Waals surface area contributed by atoms with E-state index < -0.39 is 24.0 Å². The Hall–Kier alpha value is -1.85. The van der Waals surface area contributed by atoms with E-state index in [1.54, 1.807) is 6.08 Å². The second kappa shape index (κ2) is 5.41. The van der Waals surface area contributed by atoms with Crippen LogP contribution in [0.3, 0.4) is 0 Å². The quantitative estimate of drug-likeness (QED) is 0.517. The van der Waals surface area contributed by atoms with Crippen LogP contribution in [0.1, 0.15) is 25.0 Å². The summed E-state index contributed by atoms with van der Waals surface area (Å²) in [6, 6.07) is 7.36. The highest BCUT2D eigenvalue weighted by Gasteiger charge is 2.50. The molecule has 6 nitrogen and oxygen atoms in total. The predicted molar refractivity (Wildman–Crippen MR) is 81.9 cm³/mol. The number of aliphatic hydroxyl groups excluding tert-OH is 1. The molecule has 1 N–H and O–H groups in total. The third-order valence-corrected chi connectivity index (χ3v) is 4.04. The fourth-order valence-electron chi connectivity index (χ4n) is 3.02. The molecule has 1 heterocycles. The number of aliphatic hydroxyl groups is 1. The second-order valence-corrected chi connectivity index (χ2v) is 6.19. The molecule has 22 heavy (non-hydrogen) atoms. The van der Waals surface area contributed by atoms with Gasteiger partial charge in [-0.1, -0.05) is 41.0 Å². The van der Waals surface area contributed by atoms with E-state index in [1.807, 2.05) is 45.0 Å². The maximum Gasteiger partial charge on any atom is 0.164 e. The van der Waals surface area contributed by atoms with Gasteiger partial charge in [-0.2, -0.15) is 0 Å². The molecule has 1 aromatic carbocycles. The Morgan fingerprint density at radius 3 is 2.55 bits per heavy atom. The van der Waals surface area contributed by atoms with Crippen LogP contribution in [0, 0.1) is 6.92 Å². The molecule has 4 atom stereocenters. The van der Waals surface area contributed by atoms with Gasteiger partial charge in [-0.05, 0) is 37.4 Å². The van der Waals surface area contributed by atoms with Crippen molar-refractivity contribution >= 4 is 5.57 Å². The molecule has 0 spiro atoms. The van der Waals surface area contributed by atoms with Gasteiger partial charge in [0.15, 0.2) is 5.79 Å². The van der Waals surface area contributed by atoms with E-state index in [9.17, 15) is 5.11 Å². The van der Waals surface area contributed by atoms with Crippen LogP contribution in [0.25, 0.3) is 16.0 Å². The van der Waals surface area contributed by atoms with Gasteiger partial charge in [-0.3, -0.25) is 0 Å². The first-order valence-electron chi connectivity index (χ1n) is 7.28. The molecule has 1 saturated heterocycles. The van der Waals surface area contributed by atoms with E-state index in [-0.39, 0.29) is 6.10 Å². The van der Waals surface area contributed by atoms with Crippen LogP contribution in [-0.4, -0.2) is 35.2 Å². The minimum Gasteiger partial charge on any atom is -0.390 e. The standard InChI is InChI=1S/C16H19N3O3/c1-9-4-6-10(7-5-9)11-8-12(18-19-17)13(20)15-14(11)21-16(2,3)22-15/h4-8,12-15,20H,1-3H3/t12-,13+,14+,15-/m0/s1. The molecule has 0 bridgehead atoms. The molecule has 1 aromatic rings. The van der Waals surface area contributed by atoms with E-state index in [0.29, 0.717) is 0 Å². The summed E-state index contributed by atoms with van der Waals surface area (Å²) < 4.78 is 11.8. The summed E-state index contributed by atoms with van der Waals surface area (Å²) in [4.78, 5) is 2.83. The van der Waals surface area contributed by atoms with Crippen LogP contribution in [0.15, 0.2) is 35.5 Å². The Kier molecular flexibility index (Phi) is 3.70. The Morgan fingerprint density at radius 2 is 1.91 bits per heavy atom. The van der Waals surface area contributed by atoms with Gasteiger partial charge in [-0.25, -0.2) is 0 Å². The largest absolute Gasteiger partial charge is 0.390 e. The lowest BCUT2D eigenvalue weighted by molar-refractivity contribution is -0.152. The minimum atomic E-state index is -0.920. The average Bonchev–Trinajstić information content (AvgIpc) is 2.79. The number of benzene rings is 1. The first-order valence-corrected chi connectivity index (χ1v) is 7.28. The molecule has 116 valence electrons. The molecule has 0 saturated carbocycles. The molecule has 0 amide bonds. The summed E-state index contributed by atoms with van der Waals surface area (Å²) in [7, 11) is 0. The molecular formula is C16H19N3O3. The molecule has 2 aliphatic rings. The molecule has 1 aliphatic carbocycles. The summed E-state index contributed by atoms with van der Waals surface area (Å²) in [5, 5.41) is 14.1. The summed E-state index contributed by atoms with van der Waals surface area (Å²) in [5.41, 5.74) is 11.7. The number of hydrogen-bond donors (Lipinski definition) is 1. The number of nitrogens with zero attached hydrogens (tertiary/aromatic N) is 3. The van der Waals surface area contributed by atoms with Gasteiger partial charge in [0, 0.05) is 4.91 Å². The van der Waals surface area contributed by atoms with Crippen LogP contribution in [-0.2, 0) is 9.47 Å². The van der Waals surface area contributed by atoms with Gasteiger partial charge in [0.25, 0.3) is 0 Å². The zero-order valence-corrected chi connectivity index (χ0v) is 12.8. The SMILES string of the molecule is Cc1ccc(C2=C[C@H](N=[N+]=[N-])[C@@H](O)[C@@H]3OC(C)(C)O[C@H]23)cc1. The van der Waals surface area contributed by atoms with Crippen molar-refractivity contribution in [1.82, 2.24) is 0 Å². The number of aryl methyl sites for hydroxylation is 1. The molecule has 0 radical (unpaired) electrons. The van der Waals surface area contributed by atoms with Crippen molar-refractivity contribution in [2.75, 3.05) is 0 Å². The Balaban J connectivity index is 2.06. The maximum absolute atomic E-state index is 10.4. The van der Waals surface area contributed by atoms with Crippen LogP contribution < -0.4 is 0 Å². The van der Waals surface area contributed by atoms with Crippen molar-refractivity contribution in [2.24, 2.45) is 5.11 Å². The van der Waals surface area contributed by atoms with Gasteiger partial charge >= 0.3 is 0 Å². The molecule has 0 aromatic heterocycles. The fraction of sp³-hybridized carbons (Fsp3) is 0.500. The van der Waals surface area contributed by atoms with E-state index in [0.717, 1.165) is 16.7 Å². The van der Waals surface area contributed by atoms with Crippen molar-refractivity contribution < 1.29 is 14.6 Å². The lowest BCUT2D eigenvalue weighted by atomic mass is 9.85. The average molecular weight is 301 g/mol. The highest BCUT2D eigenvalue weighted by atomic mass is 16.8. The van der Waals surface area contributed by atoms with Crippen molar-refractivity contribution in [1.29, 1.82) is 0 Å². The van der Waals surface area contributed by atoms with Gasteiger partial charge < -0.3 is 14.6 Å². The topological polar surface area (TPSA) is 87.5 Å². The highest BCUT2D eigenvalue weighted by molar-refractivity contribution is 5.72.